The van der Waals surface area contributed by atoms with Crippen LogP contribution in [0.15, 0.2) is 28.6 Å². The minimum absolute atomic E-state index is 0. The average Bonchev–Trinajstić information content (AvgIpc) is 3.26. The van der Waals surface area contributed by atoms with Crippen molar-refractivity contribution in [2.75, 3.05) is 45.7 Å². The van der Waals surface area contributed by atoms with Crippen LogP contribution < -0.4 is 20.1 Å². The highest BCUT2D eigenvalue weighted by molar-refractivity contribution is 14.0. The standard InChI is InChI=1S/C23H35N5O2S.HI/c1-5-22-26-19(16-31-22)15-28-11-9-17(10-12-28)14-25-23(24-6-2)27-18-7-8-20(29-3)21(13-18)30-4;/h7-8,13,16-17H,5-6,9-12,14-15H2,1-4H3,(H2,24,25,27);1H. The summed E-state index contributed by atoms with van der Waals surface area (Å²) >= 11 is 1.78. The maximum Gasteiger partial charge on any atom is 0.195 e. The first-order valence-corrected chi connectivity index (χ1v) is 12.0. The minimum Gasteiger partial charge on any atom is -0.493 e. The first-order valence-electron chi connectivity index (χ1n) is 11.1. The van der Waals surface area contributed by atoms with Crippen molar-refractivity contribution in [1.82, 2.24) is 15.2 Å². The van der Waals surface area contributed by atoms with Crippen LogP contribution in [0.2, 0.25) is 0 Å². The molecule has 0 saturated carbocycles. The molecule has 1 aromatic heterocycles. The third-order valence-electron chi connectivity index (χ3n) is 5.49. The van der Waals surface area contributed by atoms with E-state index in [-0.39, 0.29) is 24.0 Å². The number of ether oxygens (including phenoxy) is 2. The topological polar surface area (TPSA) is 71.0 Å². The molecule has 0 radical (unpaired) electrons. The molecule has 2 aromatic rings. The monoisotopic (exact) mass is 573 g/mol. The predicted molar refractivity (Wildman–Crippen MR) is 144 cm³/mol. The number of nitrogens with one attached hydrogen (secondary N) is 2. The lowest BCUT2D eigenvalue weighted by atomic mass is 9.97. The highest BCUT2D eigenvalue weighted by Gasteiger charge is 2.20. The number of guanidine groups is 1. The number of halogens is 1. The number of methoxy groups -OCH3 is 2. The van der Waals surface area contributed by atoms with Crippen LogP contribution in [0.4, 0.5) is 5.69 Å². The molecule has 32 heavy (non-hydrogen) atoms. The van der Waals surface area contributed by atoms with Gasteiger partial charge in [0, 0.05) is 36.8 Å². The molecule has 3 rings (SSSR count). The van der Waals surface area contributed by atoms with E-state index in [1.54, 1.807) is 25.6 Å². The number of nitrogens with zero attached hydrogens (tertiary/aromatic N) is 3. The van der Waals surface area contributed by atoms with Crippen LogP contribution in [0.5, 0.6) is 11.5 Å². The van der Waals surface area contributed by atoms with Gasteiger partial charge in [0.15, 0.2) is 17.5 Å². The van der Waals surface area contributed by atoms with E-state index >= 15 is 0 Å². The van der Waals surface area contributed by atoms with E-state index < -0.39 is 0 Å². The van der Waals surface area contributed by atoms with Crippen molar-refractivity contribution in [2.24, 2.45) is 10.9 Å². The highest BCUT2D eigenvalue weighted by atomic mass is 127. The number of benzene rings is 1. The van der Waals surface area contributed by atoms with Crippen LogP contribution in [-0.4, -0.2) is 56.2 Å². The van der Waals surface area contributed by atoms with Gasteiger partial charge in [-0.3, -0.25) is 9.89 Å². The zero-order valence-electron chi connectivity index (χ0n) is 19.5. The average molecular weight is 574 g/mol. The molecule has 1 aromatic carbocycles. The Morgan fingerprint density at radius 1 is 1.19 bits per heavy atom. The molecule has 9 heteroatoms. The molecule has 0 aliphatic carbocycles. The second kappa shape index (κ2) is 13.8. The lowest BCUT2D eigenvalue weighted by Crippen LogP contribution is -2.35. The molecule has 0 spiro atoms. The molecule has 0 unspecified atom stereocenters. The molecule has 1 aliphatic heterocycles. The van der Waals surface area contributed by atoms with E-state index in [1.807, 2.05) is 18.2 Å². The summed E-state index contributed by atoms with van der Waals surface area (Å²) < 4.78 is 10.7. The number of piperidine rings is 1. The maximum absolute atomic E-state index is 5.40. The minimum atomic E-state index is 0. The molecule has 178 valence electrons. The molecule has 0 bridgehead atoms. The van der Waals surface area contributed by atoms with E-state index in [4.69, 9.17) is 19.5 Å². The van der Waals surface area contributed by atoms with E-state index in [0.717, 1.165) is 50.8 Å². The summed E-state index contributed by atoms with van der Waals surface area (Å²) in [7, 11) is 3.28. The Morgan fingerprint density at radius 3 is 2.56 bits per heavy atom. The summed E-state index contributed by atoms with van der Waals surface area (Å²) in [6.45, 7) is 9.06. The quantitative estimate of drug-likeness (QED) is 0.259. The van der Waals surface area contributed by atoms with E-state index in [0.29, 0.717) is 17.4 Å². The summed E-state index contributed by atoms with van der Waals surface area (Å²) in [6.07, 6.45) is 3.37. The number of thiazole rings is 1. The van der Waals surface area contributed by atoms with Gasteiger partial charge in [0.25, 0.3) is 0 Å². The summed E-state index contributed by atoms with van der Waals surface area (Å²) in [4.78, 5) is 12.1. The smallest absolute Gasteiger partial charge is 0.195 e. The van der Waals surface area contributed by atoms with Crippen molar-refractivity contribution in [3.8, 4) is 11.5 Å². The van der Waals surface area contributed by atoms with Crippen LogP contribution in [0.1, 0.15) is 37.4 Å². The zero-order valence-corrected chi connectivity index (χ0v) is 22.7. The van der Waals surface area contributed by atoms with Gasteiger partial charge in [-0.05, 0) is 57.3 Å². The maximum atomic E-state index is 5.40. The second-order valence-electron chi connectivity index (χ2n) is 7.72. The van der Waals surface area contributed by atoms with E-state index in [2.05, 4.69) is 34.8 Å². The second-order valence-corrected chi connectivity index (χ2v) is 8.66. The molecular formula is C23H36IN5O2S. The van der Waals surface area contributed by atoms with Gasteiger partial charge < -0.3 is 20.1 Å². The van der Waals surface area contributed by atoms with Gasteiger partial charge >= 0.3 is 0 Å². The number of rotatable bonds is 9. The number of hydrogen-bond donors (Lipinski definition) is 2. The largest absolute Gasteiger partial charge is 0.493 e. The Bertz CT molecular complexity index is 853. The van der Waals surface area contributed by atoms with Gasteiger partial charge in [-0.2, -0.15) is 0 Å². The van der Waals surface area contributed by atoms with Gasteiger partial charge in [0.05, 0.1) is 24.9 Å². The molecule has 0 atom stereocenters. The van der Waals surface area contributed by atoms with Crippen molar-refractivity contribution >= 4 is 47.0 Å². The SMILES string of the molecule is CCNC(=NCC1CCN(Cc2csc(CC)n2)CC1)Nc1ccc(OC)c(OC)c1.I. The molecule has 7 nitrogen and oxygen atoms in total. The van der Waals surface area contributed by atoms with Gasteiger partial charge in [0.2, 0.25) is 0 Å². The third-order valence-corrected chi connectivity index (χ3v) is 6.53. The van der Waals surface area contributed by atoms with Gasteiger partial charge in [-0.15, -0.1) is 35.3 Å². The van der Waals surface area contributed by atoms with Crippen LogP contribution in [0, 0.1) is 5.92 Å². The first kappa shape index (κ1) is 26.7. The van der Waals surface area contributed by atoms with E-state index in [9.17, 15) is 0 Å². The van der Waals surface area contributed by atoms with Gasteiger partial charge in [-0.25, -0.2) is 4.98 Å². The van der Waals surface area contributed by atoms with Crippen molar-refractivity contribution in [3.05, 3.63) is 34.3 Å². The van der Waals surface area contributed by atoms with Crippen molar-refractivity contribution < 1.29 is 9.47 Å². The normalized spacial score (nSPS) is 15.2. The van der Waals surface area contributed by atoms with E-state index in [1.165, 1.54) is 23.5 Å². The molecule has 2 heterocycles. The Hall–Kier alpha value is -1.59. The molecular weight excluding hydrogens is 537 g/mol. The molecule has 0 amide bonds. The Balaban J connectivity index is 0.00000363. The van der Waals surface area contributed by atoms with Crippen molar-refractivity contribution in [1.29, 1.82) is 0 Å². The third kappa shape index (κ3) is 7.77. The predicted octanol–water partition coefficient (Wildman–Crippen LogP) is 4.63. The Labute approximate surface area is 213 Å². The summed E-state index contributed by atoms with van der Waals surface area (Å²) in [5.41, 5.74) is 2.13. The van der Waals surface area contributed by atoms with Gasteiger partial charge in [0.1, 0.15) is 0 Å². The number of likely N-dealkylation sites (tertiary alicyclic amines) is 1. The highest BCUT2D eigenvalue weighted by Crippen LogP contribution is 2.29. The van der Waals surface area contributed by atoms with Crippen molar-refractivity contribution in [3.63, 3.8) is 0 Å². The van der Waals surface area contributed by atoms with Gasteiger partial charge in [-0.1, -0.05) is 6.92 Å². The molecule has 1 fully saturated rings. The summed E-state index contributed by atoms with van der Waals surface area (Å²) in [6, 6.07) is 5.79. The number of aromatic nitrogens is 1. The lowest BCUT2D eigenvalue weighted by molar-refractivity contribution is 0.179. The number of anilines is 1. The first-order chi connectivity index (χ1) is 15.1. The molecule has 1 saturated heterocycles. The lowest BCUT2D eigenvalue weighted by Gasteiger charge is -2.30. The number of aliphatic imine (C=N–C) groups is 1. The van der Waals surface area contributed by atoms with Crippen molar-refractivity contribution in [2.45, 2.75) is 39.7 Å². The number of aryl methyl sites for hydroxylation is 1. The fraction of sp³-hybridized carbons (Fsp3) is 0.565. The van der Waals surface area contributed by atoms with Crippen LogP contribution in [0.3, 0.4) is 0 Å². The summed E-state index contributed by atoms with van der Waals surface area (Å²) in [5.74, 6) is 2.82. The Morgan fingerprint density at radius 2 is 1.94 bits per heavy atom. The fourth-order valence-corrected chi connectivity index (χ4v) is 4.45. The van der Waals surface area contributed by atoms with Crippen LogP contribution in [-0.2, 0) is 13.0 Å². The van der Waals surface area contributed by atoms with Crippen LogP contribution >= 0.6 is 35.3 Å². The van der Waals surface area contributed by atoms with Crippen LogP contribution in [0.25, 0.3) is 0 Å². The molecule has 1 aliphatic rings. The fourth-order valence-electron chi connectivity index (χ4n) is 3.72. The zero-order chi connectivity index (χ0) is 22.1. The summed E-state index contributed by atoms with van der Waals surface area (Å²) in [5, 5.41) is 10.2. The molecule has 2 N–H and O–H groups in total. The number of hydrogen-bond acceptors (Lipinski definition) is 6. The Kier molecular flexibility index (Phi) is 11.5.